The summed E-state index contributed by atoms with van der Waals surface area (Å²) in [6.07, 6.45) is 0.123. The number of amides is 1. The van der Waals surface area contributed by atoms with Gasteiger partial charge in [-0.15, -0.1) is 0 Å². The second-order valence-electron chi connectivity index (χ2n) is 5.05. The summed E-state index contributed by atoms with van der Waals surface area (Å²) in [6, 6.07) is 3.81. The molecule has 2 rings (SSSR count). The van der Waals surface area contributed by atoms with Crippen LogP contribution in [0.4, 0.5) is 4.39 Å². The van der Waals surface area contributed by atoms with Gasteiger partial charge in [0.05, 0.1) is 10.4 Å². The van der Waals surface area contributed by atoms with Crippen LogP contribution in [0.2, 0.25) is 0 Å². The third-order valence-corrected chi connectivity index (χ3v) is 4.02. The number of carbonyl (C=O) groups excluding carboxylic acids is 1. The van der Waals surface area contributed by atoms with Gasteiger partial charge in [-0.3, -0.25) is 9.59 Å². The van der Waals surface area contributed by atoms with Crippen LogP contribution in [-0.4, -0.2) is 29.1 Å². The average Bonchev–Trinajstić information content (AvgIpc) is 2.35. The van der Waals surface area contributed by atoms with Crippen molar-refractivity contribution >= 4 is 27.8 Å². The van der Waals surface area contributed by atoms with Gasteiger partial charge in [0.1, 0.15) is 11.6 Å². The molecule has 1 saturated carbocycles. The van der Waals surface area contributed by atoms with Crippen LogP contribution in [0.1, 0.15) is 19.8 Å². The molecule has 0 spiro atoms. The minimum absolute atomic E-state index is 0.124. The van der Waals surface area contributed by atoms with Gasteiger partial charge in [-0.05, 0) is 53.9 Å². The Morgan fingerprint density at radius 2 is 2.14 bits per heavy atom. The first-order chi connectivity index (χ1) is 9.86. The number of ether oxygens (including phenoxy) is 1. The first-order valence-electron chi connectivity index (χ1n) is 6.51. The number of halogens is 2. The van der Waals surface area contributed by atoms with E-state index in [0.717, 1.165) is 0 Å². The Balaban J connectivity index is 1.84. The molecule has 1 atom stereocenters. The molecule has 1 aliphatic carbocycles. The molecule has 0 aliphatic heterocycles. The second kappa shape index (κ2) is 6.43. The van der Waals surface area contributed by atoms with Crippen LogP contribution < -0.4 is 10.1 Å². The van der Waals surface area contributed by atoms with E-state index in [2.05, 4.69) is 21.2 Å². The normalized spacial score (nSPS) is 22.0. The van der Waals surface area contributed by atoms with Crippen molar-refractivity contribution in [1.82, 2.24) is 5.32 Å². The van der Waals surface area contributed by atoms with Crippen LogP contribution >= 0.6 is 15.9 Å². The third-order valence-electron chi connectivity index (χ3n) is 3.40. The van der Waals surface area contributed by atoms with Crippen molar-refractivity contribution < 1.29 is 23.8 Å². The van der Waals surface area contributed by atoms with Crippen molar-refractivity contribution in [3.63, 3.8) is 0 Å². The highest BCUT2D eigenvalue weighted by molar-refractivity contribution is 9.10. The van der Waals surface area contributed by atoms with E-state index in [1.807, 2.05) is 0 Å². The number of benzene rings is 1. The van der Waals surface area contributed by atoms with E-state index in [0.29, 0.717) is 23.1 Å². The van der Waals surface area contributed by atoms with Crippen molar-refractivity contribution in [3.05, 3.63) is 28.5 Å². The molecule has 0 radical (unpaired) electrons. The zero-order chi connectivity index (χ0) is 15.6. The minimum atomic E-state index is -0.833. The van der Waals surface area contributed by atoms with E-state index in [-0.39, 0.29) is 17.9 Å². The number of hydrogen-bond donors (Lipinski definition) is 2. The number of hydrogen-bond acceptors (Lipinski definition) is 3. The van der Waals surface area contributed by atoms with Gasteiger partial charge in [0.2, 0.25) is 0 Å². The minimum Gasteiger partial charge on any atom is -0.481 e. The summed E-state index contributed by atoms with van der Waals surface area (Å²) in [5, 5.41) is 11.5. The molecule has 7 heteroatoms. The van der Waals surface area contributed by atoms with Gasteiger partial charge in [-0.1, -0.05) is 0 Å². The summed E-state index contributed by atoms with van der Waals surface area (Å²) in [6.45, 7) is 1.58. The fourth-order valence-electron chi connectivity index (χ4n) is 2.07. The SMILES string of the molecule is CC(Oc1ccc(F)cc1Br)C(=O)NC1CC(C(=O)O)C1. The van der Waals surface area contributed by atoms with Crippen LogP contribution in [0.3, 0.4) is 0 Å². The molecule has 114 valence electrons. The Morgan fingerprint density at radius 3 is 2.71 bits per heavy atom. The molecule has 5 nitrogen and oxygen atoms in total. The Hall–Kier alpha value is -1.63. The van der Waals surface area contributed by atoms with E-state index in [4.69, 9.17) is 9.84 Å². The fraction of sp³-hybridized carbons (Fsp3) is 0.429. The topological polar surface area (TPSA) is 75.6 Å². The van der Waals surface area contributed by atoms with Crippen LogP contribution in [0.15, 0.2) is 22.7 Å². The molecule has 1 unspecified atom stereocenters. The quantitative estimate of drug-likeness (QED) is 0.845. The standard InChI is InChI=1S/C14H15BrFNO4/c1-7(21-12-3-2-9(16)6-11(12)15)13(18)17-10-4-8(5-10)14(19)20/h2-3,6-8,10H,4-5H2,1H3,(H,17,18)(H,19,20). The summed E-state index contributed by atoms with van der Waals surface area (Å²) >= 11 is 3.16. The molecule has 1 amide bonds. The van der Waals surface area contributed by atoms with Crippen LogP contribution in [0.5, 0.6) is 5.75 Å². The zero-order valence-electron chi connectivity index (χ0n) is 11.3. The van der Waals surface area contributed by atoms with Gasteiger partial charge in [0.15, 0.2) is 6.10 Å². The lowest BCUT2D eigenvalue weighted by molar-refractivity contribution is -0.146. The van der Waals surface area contributed by atoms with Gasteiger partial charge in [-0.2, -0.15) is 0 Å². The molecule has 1 aromatic carbocycles. The summed E-state index contributed by atoms with van der Waals surface area (Å²) in [5.41, 5.74) is 0. The van der Waals surface area contributed by atoms with Crippen LogP contribution in [0.25, 0.3) is 0 Å². The monoisotopic (exact) mass is 359 g/mol. The highest BCUT2D eigenvalue weighted by Crippen LogP contribution is 2.28. The molecule has 2 N–H and O–H groups in total. The van der Waals surface area contributed by atoms with Crippen molar-refractivity contribution in [1.29, 1.82) is 0 Å². The lowest BCUT2D eigenvalue weighted by Crippen LogP contribution is -2.50. The summed E-state index contributed by atoms with van der Waals surface area (Å²) in [7, 11) is 0. The van der Waals surface area contributed by atoms with Crippen molar-refractivity contribution in [2.45, 2.75) is 31.9 Å². The van der Waals surface area contributed by atoms with E-state index in [1.165, 1.54) is 18.2 Å². The molecule has 0 heterocycles. The molecule has 21 heavy (non-hydrogen) atoms. The first-order valence-corrected chi connectivity index (χ1v) is 7.31. The smallest absolute Gasteiger partial charge is 0.306 e. The summed E-state index contributed by atoms with van der Waals surface area (Å²) in [5.74, 6) is -1.56. The molecule has 0 aromatic heterocycles. The number of rotatable bonds is 5. The summed E-state index contributed by atoms with van der Waals surface area (Å²) < 4.78 is 18.8. The molecule has 0 saturated heterocycles. The number of carbonyl (C=O) groups is 2. The molecule has 1 aromatic rings. The van der Waals surface area contributed by atoms with E-state index in [1.54, 1.807) is 6.92 Å². The average molecular weight is 360 g/mol. The van der Waals surface area contributed by atoms with Gasteiger partial charge >= 0.3 is 5.97 Å². The van der Waals surface area contributed by atoms with E-state index < -0.39 is 17.9 Å². The lowest BCUT2D eigenvalue weighted by atomic mass is 9.80. The predicted octanol–water partition coefficient (Wildman–Crippen LogP) is 2.33. The van der Waals surface area contributed by atoms with Crippen LogP contribution in [-0.2, 0) is 9.59 Å². The Labute approximate surface area is 129 Å². The molecular weight excluding hydrogens is 345 g/mol. The maximum absolute atomic E-state index is 13.0. The van der Waals surface area contributed by atoms with Crippen molar-refractivity contribution in [2.75, 3.05) is 0 Å². The molecule has 1 fully saturated rings. The second-order valence-corrected chi connectivity index (χ2v) is 5.90. The van der Waals surface area contributed by atoms with Gasteiger partial charge in [-0.25, -0.2) is 4.39 Å². The number of nitrogens with one attached hydrogen (secondary N) is 1. The number of carboxylic acid groups (broad SMARTS) is 1. The first kappa shape index (κ1) is 15.8. The Bertz CT molecular complexity index is 560. The van der Waals surface area contributed by atoms with E-state index in [9.17, 15) is 14.0 Å². The van der Waals surface area contributed by atoms with Gasteiger partial charge < -0.3 is 15.2 Å². The highest BCUT2D eigenvalue weighted by atomic mass is 79.9. The number of carboxylic acids is 1. The van der Waals surface area contributed by atoms with Gasteiger partial charge in [0.25, 0.3) is 5.91 Å². The van der Waals surface area contributed by atoms with Crippen LogP contribution in [0, 0.1) is 11.7 Å². The van der Waals surface area contributed by atoms with Gasteiger partial charge in [0, 0.05) is 6.04 Å². The maximum atomic E-state index is 13.0. The predicted molar refractivity (Wildman–Crippen MR) is 76.5 cm³/mol. The molecule has 1 aliphatic rings. The summed E-state index contributed by atoms with van der Waals surface area (Å²) in [4.78, 5) is 22.6. The zero-order valence-corrected chi connectivity index (χ0v) is 12.9. The molecule has 0 bridgehead atoms. The lowest BCUT2D eigenvalue weighted by Gasteiger charge is -2.33. The van der Waals surface area contributed by atoms with Crippen molar-refractivity contribution in [3.8, 4) is 5.75 Å². The highest BCUT2D eigenvalue weighted by Gasteiger charge is 2.36. The third kappa shape index (κ3) is 3.93. The molecular formula is C14H15BrFNO4. The maximum Gasteiger partial charge on any atom is 0.306 e. The largest absolute Gasteiger partial charge is 0.481 e. The number of aliphatic carboxylic acids is 1. The van der Waals surface area contributed by atoms with E-state index >= 15 is 0 Å². The fourth-order valence-corrected chi connectivity index (χ4v) is 2.51. The van der Waals surface area contributed by atoms with Crippen molar-refractivity contribution in [2.24, 2.45) is 5.92 Å². The Kier molecular flexibility index (Phi) is 4.82. The Morgan fingerprint density at radius 1 is 1.48 bits per heavy atom.